The summed E-state index contributed by atoms with van der Waals surface area (Å²) in [6.45, 7) is 12.5. The lowest BCUT2D eigenvalue weighted by Crippen LogP contribution is -2.16. The fourth-order valence-corrected chi connectivity index (χ4v) is 0.632. The topological polar surface area (TPSA) is 26.3 Å². The van der Waals surface area contributed by atoms with Gasteiger partial charge in [-0.25, -0.2) is 4.79 Å². The van der Waals surface area contributed by atoms with Crippen LogP contribution < -0.4 is 0 Å². The Labute approximate surface area is 74.6 Å². The maximum Gasteiger partial charge on any atom is 0.333 e. The van der Waals surface area contributed by atoms with Gasteiger partial charge in [0.1, 0.15) is 6.10 Å². The van der Waals surface area contributed by atoms with Crippen molar-refractivity contribution in [1.82, 2.24) is 0 Å². The van der Waals surface area contributed by atoms with Gasteiger partial charge in [0.2, 0.25) is 0 Å². The first kappa shape index (κ1) is 11.2. The van der Waals surface area contributed by atoms with Gasteiger partial charge in [-0.3, -0.25) is 0 Å². The Hall–Kier alpha value is -0.790. The number of hydrogen-bond donors (Lipinski definition) is 0. The van der Waals surface area contributed by atoms with Crippen LogP contribution in [0.4, 0.5) is 0 Å². The number of hydrogen-bond acceptors (Lipinski definition) is 2. The molecule has 1 atom stereocenters. The molecular weight excluding hydrogens is 152 g/mol. The summed E-state index contributed by atoms with van der Waals surface area (Å²) in [5, 5.41) is 0. The van der Waals surface area contributed by atoms with Crippen molar-refractivity contribution in [2.45, 2.75) is 39.7 Å². The van der Waals surface area contributed by atoms with E-state index < -0.39 is 0 Å². The summed E-state index contributed by atoms with van der Waals surface area (Å²) in [4.78, 5) is 11.1. The number of esters is 1. The molecule has 12 heavy (non-hydrogen) atoms. The Morgan fingerprint density at radius 2 is 2.25 bits per heavy atom. The van der Waals surface area contributed by atoms with Crippen molar-refractivity contribution in [1.29, 1.82) is 0 Å². The van der Waals surface area contributed by atoms with Crippen LogP contribution in [0.25, 0.3) is 0 Å². The number of carbonyl (C=O) groups excluding carboxylic acids is 1. The van der Waals surface area contributed by atoms with Gasteiger partial charge >= 0.3 is 5.97 Å². The smallest absolute Gasteiger partial charge is 0.333 e. The third-order valence-electron chi connectivity index (χ3n) is 1.71. The highest BCUT2D eigenvalue weighted by Crippen LogP contribution is 2.06. The molecule has 67 valence electrons. The lowest BCUT2D eigenvalue weighted by molar-refractivity contribution is -0.144. The zero-order chi connectivity index (χ0) is 9.56. The highest BCUT2D eigenvalue weighted by molar-refractivity contribution is 5.87. The van der Waals surface area contributed by atoms with Crippen molar-refractivity contribution in [2.75, 3.05) is 0 Å². The summed E-state index contributed by atoms with van der Waals surface area (Å²) in [5.41, 5.74) is 0.599. The largest absolute Gasteiger partial charge is 0.459 e. The summed E-state index contributed by atoms with van der Waals surface area (Å²) in [6, 6.07) is 0. The van der Waals surface area contributed by atoms with E-state index in [1.54, 1.807) is 19.9 Å². The van der Waals surface area contributed by atoms with Crippen LogP contribution in [0, 0.1) is 6.92 Å². The number of rotatable bonds is 4. The molecule has 0 rings (SSSR count). The van der Waals surface area contributed by atoms with Crippen molar-refractivity contribution in [3.05, 3.63) is 18.6 Å². The van der Waals surface area contributed by atoms with Crippen LogP contribution in [0.1, 0.15) is 33.6 Å². The minimum absolute atomic E-state index is 0.138. The van der Waals surface area contributed by atoms with Crippen molar-refractivity contribution in [2.24, 2.45) is 0 Å². The van der Waals surface area contributed by atoms with E-state index in [9.17, 15) is 4.79 Å². The minimum Gasteiger partial charge on any atom is -0.459 e. The first-order chi connectivity index (χ1) is 5.65. The standard InChI is InChI=1S/C10H15O2/c1-5-8(4)10(11)12-9(6-2)7-3/h5,9H,6-7H2,1-2,4H3. The first-order valence-electron chi connectivity index (χ1n) is 4.14. The Morgan fingerprint density at radius 3 is 2.58 bits per heavy atom. The molecule has 0 N–H and O–H groups in total. The zero-order valence-corrected chi connectivity index (χ0v) is 7.89. The van der Waals surface area contributed by atoms with Gasteiger partial charge in [-0.15, -0.1) is 0 Å². The second kappa shape index (κ2) is 5.81. The lowest BCUT2D eigenvalue weighted by atomic mass is 10.2. The summed E-state index contributed by atoms with van der Waals surface area (Å²) >= 11 is 0. The third kappa shape index (κ3) is 3.56. The molecule has 2 nitrogen and oxygen atoms in total. The van der Waals surface area contributed by atoms with Gasteiger partial charge in [-0.05, 0) is 33.6 Å². The molecule has 0 aromatic rings. The Kier molecular flexibility index (Phi) is 5.43. The fourth-order valence-electron chi connectivity index (χ4n) is 0.632. The average Bonchev–Trinajstić information content (AvgIpc) is 2.12. The van der Waals surface area contributed by atoms with Gasteiger partial charge in [-0.2, -0.15) is 0 Å². The maximum atomic E-state index is 11.1. The van der Waals surface area contributed by atoms with Crippen molar-refractivity contribution in [3.8, 4) is 0 Å². The van der Waals surface area contributed by atoms with Gasteiger partial charge in [0.15, 0.2) is 0 Å². The molecule has 0 saturated carbocycles. The van der Waals surface area contributed by atoms with Crippen LogP contribution in [0.5, 0.6) is 0 Å². The second-order valence-corrected chi connectivity index (χ2v) is 2.61. The predicted molar refractivity (Wildman–Crippen MR) is 47.5 cm³/mol. The highest BCUT2D eigenvalue weighted by Gasteiger charge is 2.10. The van der Waals surface area contributed by atoms with Crippen LogP contribution in [0.2, 0.25) is 0 Å². The summed E-state index contributed by atoms with van der Waals surface area (Å²) < 4.78 is 5.01. The molecule has 0 amide bonds. The number of ether oxygens (including phenoxy) is 1. The monoisotopic (exact) mass is 167 g/mol. The molecule has 0 aliphatic heterocycles. The molecule has 0 fully saturated rings. The van der Waals surface area contributed by atoms with Gasteiger partial charge in [-0.1, -0.05) is 13.0 Å². The van der Waals surface area contributed by atoms with Crippen molar-refractivity contribution >= 4 is 5.97 Å². The molecule has 0 bridgehead atoms. The number of carbonyl (C=O) groups is 1. The van der Waals surface area contributed by atoms with Gasteiger partial charge in [0.05, 0.1) is 0 Å². The highest BCUT2D eigenvalue weighted by atomic mass is 16.5. The third-order valence-corrected chi connectivity index (χ3v) is 1.71. The van der Waals surface area contributed by atoms with E-state index in [1.165, 1.54) is 0 Å². The summed E-state index contributed by atoms with van der Waals surface area (Å²) in [6.07, 6.45) is 2.29. The van der Waals surface area contributed by atoms with Crippen LogP contribution in [0.15, 0.2) is 11.6 Å². The SMILES string of the molecule is [C]CC(CC)OC(=O)C(C)=CC. The molecular formula is C10H15O2. The summed E-state index contributed by atoms with van der Waals surface area (Å²) in [7, 11) is 0. The Balaban J connectivity index is 3.98. The van der Waals surface area contributed by atoms with Crippen LogP contribution in [-0.4, -0.2) is 12.1 Å². The Bertz CT molecular complexity index is 167. The minimum atomic E-state index is -0.309. The molecule has 2 heteroatoms. The quantitative estimate of drug-likeness (QED) is 0.474. The molecule has 0 aliphatic carbocycles. The van der Waals surface area contributed by atoms with E-state index in [0.717, 1.165) is 0 Å². The molecule has 0 aromatic carbocycles. The zero-order valence-electron chi connectivity index (χ0n) is 7.89. The Morgan fingerprint density at radius 1 is 1.67 bits per heavy atom. The van der Waals surface area contributed by atoms with E-state index in [1.807, 2.05) is 6.92 Å². The van der Waals surface area contributed by atoms with Gasteiger partial charge in [0.25, 0.3) is 0 Å². The predicted octanol–water partition coefficient (Wildman–Crippen LogP) is 2.25. The van der Waals surface area contributed by atoms with E-state index in [-0.39, 0.29) is 18.5 Å². The van der Waals surface area contributed by atoms with E-state index in [0.29, 0.717) is 12.0 Å². The molecule has 0 heterocycles. The molecule has 0 aromatic heterocycles. The first-order valence-corrected chi connectivity index (χ1v) is 4.14. The van der Waals surface area contributed by atoms with Crippen molar-refractivity contribution in [3.63, 3.8) is 0 Å². The van der Waals surface area contributed by atoms with Gasteiger partial charge in [0, 0.05) is 5.57 Å². The fraction of sp³-hybridized carbons (Fsp3) is 0.600. The van der Waals surface area contributed by atoms with Crippen LogP contribution >= 0.6 is 0 Å². The maximum absolute atomic E-state index is 11.1. The summed E-state index contributed by atoms with van der Waals surface area (Å²) in [5.74, 6) is -0.309. The van der Waals surface area contributed by atoms with Gasteiger partial charge < -0.3 is 4.74 Å². The second-order valence-electron chi connectivity index (χ2n) is 2.61. The van der Waals surface area contributed by atoms with E-state index >= 15 is 0 Å². The van der Waals surface area contributed by atoms with Crippen LogP contribution in [0.3, 0.4) is 0 Å². The van der Waals surface area contributed by atoms with Crippen molar-refractivity contribution < 1.29 is 9.53 Å². The average molecular weight is 167 g/mol. The lowest BCUT2D eigenvalue weighted by Gasteiger charge is -2.13. The molecule has 0 spiro atoms. The van der Waals surface area contributed by atoms with E-state index in [2.05, 4.69) is 0 Å². The van der Waals surface area contributed by atoms with E-state index in [4.69, 9.17) is 11.7 Å². The molecule has 0 aliphatic rings. The van der Waals surface area contributed by atoms with Crippen LogP contribution in [-0.2, 0) is 9.53 Å². The molecule has 0 saturated heterocycles. The number of allylic oxidation sites excluding steroid dienone is 1. The molecule has 1 unspecified atom stereocenters. The molecule has 3 radical (unpaired) electrons. The normalized spacial score (nSPS) is 11.9.